The molecule has 0 unspecified atom stereocenters. The Labute approximate surface area is 396 Å². The molecule has 9 aromatic carbocycles. The van der Waals surface area contributed by atoms with Gasteiger partial charge in [-0.05, 0) is 127 Å². The smallest absolute Gasteiger partial charge is 0.333 e. The van der Waals surface area contributed by atoms with Gasteiger partial charge in [-0.25, -0.2) is 0 Å². The molecular weight excluding hydrogens is 832 g/mol. The maximum Gasteiger partial charge on any atom is 0.333 e. The van der Waals surface area contributed by atoms with Gasteiger partial charge in [0.1, 0.15) is 5.58 Å². The Kier molecular flexibility index (Phi) is 8.70. The molecule has 2 aliphatic heterocycles. The van der Waals surface area contributed by atoms with Crippen molar-refractivity contribution < 1.29 is 4.42 Å². The van der Waals surface area contributed by atoms with Crippen LogP contribution in [0.5, 0.6) is 0 Å². The Balaban J connectivity index is 1.23. The van der Waals surface area contributed by atoms with Gasteiger partial charge in [0.2, 0.25) is 0 Å². The van der Waals surface area contributed by atoms with E-state index in [1.165, 1.54) is 81.3 Å². The van der Waals surface area contributed by atoms with Gasteiger partial charge in [-0.15, -0.1) is 11.3 Å². The predicted octanol–water partition coefficient (Wildman–Crippen LogP) is 16.6. The molecule has 4 heterocycles. The second-order valence-corrected chi connectivity index (χ2v) is 21.6. The van der Waals surface area contributed by atoms with Crippen LogP contribution in [0.3, 0.4) is 0 Å². The first-order valence-corrected chi connectivity index (χ1v) is 24.3. The molecule has 67 heavy (non-hydrogen) atoms. The van der Waals surface area contributed by atoms with Crippen LogP contribution in [0.4, 0.5) is 28.4 Å². The van der Waals surface area contributed by atoms with Crippen LogP contribution in [0.1, 0.15) is 52.7 Å². The molecule has 0 saturated carbocycles. The van der Waals surface area contributed by atoms with Crippen molar-refractivity contribution in [1.29, 1.82) is 0 Å². The van der Waals surface area contributed by atoms with Crippen molar-refractivity contribution in [2.24, 2.45) is 0 Å². The minimum atomic E-state index is -0.219. The quantitative estimate of drug-likeness (QED) is 0.164. The molecule has 0 radical (unpaired) electrons. The summed E-state index contributed by atoms with van der Waals surface area (Å²) in [6, 6.07) is 70.3. The number of fused-ring (bicyclic) bond motifs is 12. The monoisotopic (exact) mass is 880 g/mol. The summed E-state index contributed by atoms with van der Waals surface area (Å²) in [4.78, 5) is 5.25. The zero-order chi connectivity index (χ0) is 45.3. The fourth-order valence-corrected chi connectivity index (χ4v) is 12.1. The third-order valence-corrected chi connectivity index (χ3v) is 15.5. The van der Waals surface area contributed by atoms with Crippen LogP contribution in [-0.4, -0.2) is 6.85 Å². The van der Waals surface area contributed by atoms with E-state index < -0.39 is 0 Å². The SMILES string of the molecule is CC(C)(C)c1ccc(N2B3c4c(cc5c(oc6ccccc65)c4N(c4ccc(C(C)(C)C)cc4-c4ccccc4)c4ccc5sc6ccccc6c5c43)-c3ccc(-c4ccccc4)cc32)cc1. The standard InChI is InChI=1S/C62H49BN2OS/c1-61(2,3)41-26-29-43(30-27-41)65-52-35-40(38-17-9-7-10-18-38)25-31-44(52)48-37-49-45-21-13-15-23-53(45)66-60(49)59-57(48)63(65)58-51(33-34-55-56(58)46-22-14-16-24-54(46)67-55)64(59)50-32-28-42(62(4,5)6)36-47(50)39-19-11-8-12-20-39/h7-37H,1-6H3. The molecule has 0 spiro atoms. The molecule has 0 fully saturated rings. The van der Waals surface area contributed by atoms with Crippen molar-refractivity contribution >= 4 is 99.7 Å². The van der Waals surface area contributed by atoms with Crippen LogP contribution >= 0.6 is 11.3 Å². The molecular formula is C62H49BN2OS. The van der Waals surface area contributed by atoms with Gasteiger partial charge in [-0.2, -0.15) is 0 Å². The molecule has 0 atom stereocenters. The van der Waals surface area contributed by atoms with Crippen molar-refractivity contribution in [3.8, 4) is 33.4 Å². The highest BCUT2D eigenvalue weighted by Gasteiger charge is 2.48. The van der Waals surface area contributed by atoms with E-state index in [-0.39, 0.29) is 17.7 Å². The zero-order valence-electron chi connectivity index (χ0n) is 38.7. The van der Waals surface area contributed by atoms with Gasteiger partial charge in [-0.1, -0.05) is 169 Å². The summed E-state index contributed by atoms with van der Waals surface area (Å²) in [5.74, 6) is 0. The highest BCUT2D eigenvalue weighted by Crippen LogP contribution is 2.54. The molecule has 0 saturated heterocycles. The van der Waals surface area contributed by atoms with Gasteiger partial charge < -0.3 is 14.1 Å². The lowest BCUT2D eigenvalue weighted by Gasteiger charge is -2.46. The highest BCUT2D eigenvalue weighted by molar-refractivity contribution is 7.26. The van der Waals surface area contributed by atoms with Gasteiger partial charge in [0.15, 0.2) is 5.58 Å². The van der Waals surface area contributed by atoms with Gasteiger partial charge in [0, 0.05) is 48.4 Å². The van der Waals surface area contributed by atoms with Crippen LogP contribution in [-0.2, 0) is 10.8 Å². The summed E-state index contributed by atoms with van der Waals surface area (Å²) in [5.41, 5.74) is 19.8. The number of nitrogens with zero attached hydrogens (tertiary/aromatic N) is 2. The van der Waals surface area contributed by atoms with Crippen molar-refractivity contribution in [3.05, 3.63) is 199 Å². The van der Waals surface area contributed by atoms with Gasteiger partial charge in [0.25, 0.3) is 0 Å². The van der Waals surface area contributed by atoms with Crippen LogP contribution in [0, 0.1) is 0 Å². The molecule has 2 aliphatic rings. The molecule has 13 rings (SSSR count). The van der Waals surface area contributed by atoms with E-state index in [1.807, 2.05) is 11.3 Å². The molecule has 5 heteroatoms. The fourth-order valence-electron chi connectivity index (χ4n) is 11.0. The van der Waals surface area contributed by atoms with E-state index in [9.17, 15) is 0 Å². The number of benzene rings is 9. The van der Waals surface area contributed by atoms with Gasteiger partial charge in [0.05, 0.1) is 11.4 Å². The number of thiophene rings is 1. The summed E-state index contributed by atoms with van der Waals surface area (Å²) in [6.45, 7) is 13.6. The van der Waals surface area contributed by atoms with Crippen molar-refractivity contribution in [2.45, 2.75) is 52.4 Å². The Morgan fingerprint density at radius 3 is 1.85 bits per heavy atom. The van der Waals surface area contributed by atoms with Crippen molar-refractivity contribution in [1.82, 2.24) is 0 Å². The first kappa shape index (κ1) is 40.0. The summed E-state index contributed by atoms with van der Waals surface area (Å²) in [6.07, 6.45) is 0. The molecule has 11 aromatic rings. The summed E-state index contributed by atoms with van der Waals surface area (Å²) in [5, 5.41) is 4.83. The third kappa shape index (κ3) is 6.10. The van der Waals surface area contributed by atoms with Crippen LogP contribution < -0.4 is 20.6 Å². The molecule has 3 nitrogen and oxygen atoms in total. The molecule has 0 amide bonds. The van der Waals surface area contributed by atoms with Crippen LogP contribution in [0.15, 0.2) is 192 Å². The lowest BCUT2D eigenvalue weighted by atomic mass is 9.42. The van der Waals surface area contributed by atoms with Crippen molar-refractivity contribution in [3.63, 3.8) is 0 Å². The molecule has 322 valence electrons. The number of para-hydroxylation sites is 1. The number of hydrogen-bond acceptors (Lipinski definition) is 4. The van der Waals surface area contributed by atoms with Crippen LogP contribution in [0.2, 0.25) is 0 Å². The zero-order valence-corrected chi connectivity index (χ0v) is 39.5. The Bertz CT molecular complexity index is 3780. The van der Waals surface area contributed by atoms with Gasteiger partial charge in [-0.3, -0.25) is 0 Å². The minimum Gasteiger partial charge on any atom is -0.454 e. The average Bonchev–Trinajstić information content (AvgIpc) is 3.92. The van der Waals surface area contributed by atoms with Crippen molar-refractivity contribution in [2.75, 3.05) is 9.71 Å². The van der Waals surface area contributed by atoms with Gasteiger partial charge >= 0.3 is 6.85 Å². The third-order valence-electron chi connectivity index (χ3n) is 14.4. The first-order valence-electron chi connectivity index (χ1n) is 23.5. The van der Waals surface area contributed by atoms with E-state index in [2.05, 4.69) is 239 Å². The average molecular weight is 881 g/mol. The Morgan fingerprint density at radius 1 is 0.448 bits per heavy atom. The maximum atomic E-state index is 7.26. The van der Waals surface area contributed by atoms with E-state index in [1.54, 1.807) is 0 Å². The summed E-state index contributed by atoms with van der Waals surface area (Å²) in [7, 11) is 0. The predicted molar refractivity (Wildman–Crippen MR) is 289 cm³/mol. The second-order valence-electron chi connectivity index (χ2n) is 20.5. The number of anilines is 5. The lowest BCUT2D eigenvalue weighted by molar-refractivity contribution is 0.590. The first-order chi connectivity index (χ1) is 32.5. The second kappa shape index (κ2) is 14.6. The molecule has 0 bridgehead atoms. The molecule has 0 N–H and O–H groups in total. The molecule has 2 aromatic heterocycles. The van der Waals surface area contributed by atoms with Crippen LogP contribution in [0.25, 0.3) is 75.5 Å². The number of hydrogen-bond donors (Lipinski definition) is 0. The fraction of sp³-hybridized carbons (Fsp3) is 0.129. The Hall–Kier alpha value is -7.34. The Morgan fingerprint density at radius 2 is 1.10 bits per heavy atom. The van der Waals surface area contributed by atoms with E-state index >= 15 is 0 Å². The largest absolute Gasteiger partial charge is 0.454 e. The summed E-state index contributed by atoms with van der Waals surface area (Å²) < 4.78 is 9.83. The summed E-state index contributed by atoms with van der Waals surface area (Å²) >= 11 is 1.89. The highest BCUT2D eigenvalue weighted by atomic mass is 32.1. The lowest BCUT2D eigenvalue weighted by Crippen LogP contribution is -2.61. The number of furan rings is 1. The molecule has 0 aliphatic carbocycles. The number of rotatable bonds is 4. The van der Waals surface area contributed by atoms with E-state index in [0.29, 0.717) is 0 Å². The van der Waals surface area contributed by atoms with E-state index in [0.717, 1.165) is 44.7 Å². The van der Waals surface area contributed by atoms with E-state index in [4.69, 9.17) is 4.42 Å². The normalized spacial score (nSPS) is 13.4. The maximum absolute atomic E-state index is 7.26. The topological polar surface area (TPSA) is 19.6 Å². The minimum absolute atomic E-state index is 0.00414.